The molecule has 2 fully saturated rings. The van der Waals surface area contributed by atoms with Crippen LogP contribution in [0.5, 0.6) is 0 Å². The number of rotatable bonds is 5. The van der Waals surface area contributed by atoms with E-state index >= 15 is 0 Å². The van der Waals surface area contributed by atoms with Crippen LogP contribution in [-0.4, -0.2) is 37.2 Å². The summed E-state index contributed by atoms with van der Waals surface area (Å²) < 4.78 is 5.52. The fourth-order valence-corrected chi connectivity index (χ4v) is 5.20. The van der Waals surface area contributed by atoms with E-state index in [9.17, 15) is 4.79 Å². The number of amides is 1. The molecule has 1 saturated heterocycles. The summed E-state index contributed by atoms with van der Waals surface area (Å²) in [6, 6.07) is 16.4. The molecule has 2 aromatic rings. The molecule has 0 aromatic heterocycles. The molecule has 2 aliphatic carbocycles. The lowest BCUT2D eigenvalue weighted by Gasteiger charge is -2.40. The number of ether oxygens (including phenoxy) is 1. The Bertz CT molecular complexity index is 940. The highest BCUT2D eigenvalue weighted by Crippen LogP contribution is 2.51. The van der Waals surface area contributed by atoms with Gasteiger partial charge < -0.3 is 15.0 Å². The molecule has 29 heavy (non-hydrogen) atoms. The third-order valence-corrected chi connectivity index (χ3v) is 6.88. The summed E-state index contributed by atoms with van der Waals surface area (Å²) in [6.45, 7) is 3.71. The van der Waals surface area contributed by atoms with Crippen LogP contribution in [0.1, 0.15) is 29.0 Å². The number of benzene rings is 2. The molecule has 3 unspecified atom stereocenters. The van der Waals surface area contributed by atoms with E-state index in [2.05, 4.69) is 28.4 Å². The Balaban J connectivity index is 1.07. The van der Waals surface area contributed by atoms with Gasteiger partial charge in [-0.3, -0.25) is 0 Å². The van der Waals surface area contributed by atoms with Gasteiger partial charge in [0.1, 0.15) is 5.76 Å². The lowest BCUT2D eigenvalue weighted by atomic mass is 9.64. The van der Waals surface area contributed by atoms with E-state index < -0.39 is 0 Å². The molecule has 1 saturated carbocycles. The maximum Gasteiger partial charge on any atom is 0.412 e. The van der Waals surface area contributed by atoms with Crippen LogP contribution in [0.15, 0.2) is 54.6 Å². The maximum atomic E-state index is 12.2. The predicted molar refractivity (Wildman–Crippen MR) is 115 cm³/mol. The van der Waals surface area contributed by atoms with Gasteiger partial charge in [-0.2, -0.15) is 0 Å². The van der Waals surface area contributed by atoms with E-state index in [0.717, 1.165) is 48.5 Å². The van der Waals surface area contributed by atoms with Crippen LogP contribution in [0, 0.1) is 11.8 Å². The van der Waals surface area contributed by atoms with Gasteiger partial charge in [0.25, 0.3) is 0 Å². The van der Waals surface area contributed by atoms with Gasteiger partial charge in [-0.1, -0.05) is 48.0 Å². The highest BCUT2D eigenvalue weighted by atomic mass is 35.5. The largest absolute Gasteiger partial charge is 0.412 e. The normalized spacial score (nSPS) is 25.0. The van der Waals surface area contributed by atoms with Crippen LogP contribution < -0.4 is 5.32 Å². The number of fused-ring (bicyclic) bond motifs is 2. The Kier molecular flexibility index (Phi) is 5.06. The first-order chi connectivity index (χ1) is 14.2. The van der Waals surface area contributed by atoms with Crippen molar-refractivity contribution in [2.45, 2.75) is 18.8 Å². The lowest BCUT2D eigenvalue weighted by Crippen LogP contribution is -2.34. The smallest absolute Gasteiger partial charge is 0.410 e. The van der Waals surface area contributed by atoms with Gasteiger partial charge in [0.15, 0.2) is 0 Å². The van der Waals surface area contributed by atoms with Crippen molar-refractivity contribution in [3.8, 4) is 0 Å². The maximum absolute atomic E-state index is 12.2. The number of hydrogen-bond donors (Lipinski definition) is 1. The zero-order chi connectivity index (χ0) is 19.8. The Hall–Kier alpha value is -2.30. The fourth-order valence-electron chi connectivity index (χ4n) is 5.07. The van der Waals surface area contributed by atoms with Crippen molar-refractivity contribution >= 4 is 23.5 Å². The van der Waals surface area contributed by atoms with Crippen LogP contribution in [0.25, 0.3) is 5.76 Å². The van der Waals surface area contributed by atoms with Crippen molar-refractivity contribution in [2.75, 3.05) is 26.2 Å². The standard InChI is InChI=1S/C24H25ClN2O2/c25-19-8-5-17(6-9-19)21-13-18-14-27(15-22(18)21)12-11-26-24(28)29-23-10-7-16-3-1-2-4-20(16)23/h1-6,8-10,18,21-22H,7,11-15H2,(H,26,28). The molecule has 4 nitrogen and oxygen atoms in total. The van der Waals surface area contributed by atoms with Crippen molar-refractivity contribution < 1.29 is 9.53 Å². The number of alkyl carbamates (subject to hydrolysis) is 1. The van der Waals surface area contributed by atoms with Crippen LogP contribution in [0.4, 0.5) is 4.79 Å². The Morgan fingerprint density at radius 3 is 2.83 bits per heavy atom. The zero-order valence-corrected chi connectivity index (χ0v) is 17.1. The van der Waals surface area contributed by atoms with Gasteiger partial charge in [-0.05, 0) is 59.9 Å². The van der Waals surface area contributed by atoms with Crippen LogP contribution >= 0.6 is 11.6 Å². The molecule has 1 N–H and O–H groups in total. The molecule has 5 heteroatoms. The summed E-state index contributed by atoms with van der Waals surface area (Å²) in [5.74, 6) is 2.82. The Morgan fingerprint density at radius 2 is 1.97 bits per heavy atom. The number of nitrogens with zero attached hydrogens (tertiary/aromatic N) is 1. The van der Waals surface area contributed by atoms with Crippen molar-refractivity contribution in [1.29, 1.82) is 0 Å². The SMILES string of the molecule is O=C(NCCN1CC2CC(c3ccc(Cl)cc3)C2C1)OC1=CCc2ccccc21. The summed E-state index contributed by atoms with van der Waals surface area (Å²) in [7, 11) is 0. The van der Waals surface area contributed by atoms with E-state index in [1.807, 2.05) is 36.4 Å². The van der Waals surface area contributed by atoms with Crippen molar-refractivity contribution in [2.24, 2.45) is 11.8 Å². The number of hydrogen-bond acceptors (Lipinski definition) is 3. The van der Waals surface area contributed by atoms with Crippen molar-refractivity contribution in [3.05, 3.63) is 76.3 Å². The number of carbonyl (C=O) groups is 1. The van der Waals surface area contributed by atoms with Crippen molar-refractivity contribution in [1.82, 2.24) is 10.2 Å². The number of carbonyl (C=O) groups excluding carboxylic acids is 1. The monoisotopic (exact) mass is 408 g/mol. The first kappa shape index (κ1) is 18.7. The first-order valence-corrected chi connectivity index (χ1v) is 10.8. The van der Waals surface area contributed by atoms with Crippen LogP contribution in [-0.2, 0) is 11.2 Å². The van der Waals surface area contributed by atoms with Crippen LogP contribution in [0.2, 0.25) is 5.02 Å². The van der Waals surface area contributed by atoms with E-state index in [1.54, 1.807) is 0 Å². The Labute approximate surface area is 176 Å². The molecular formula is C24H25ClN2O2. The minimum absolute atomic E-state index is 0.367. The van der Waals surface area contributed by atoms with Gasteiger partial charge in [0, 0.05) is 36.8 Å². The molecule has 2 aromatic carbocycles. The molecule has 1 amide bonds. The van der Waals surface area contributed by atoms with Gasteiger partial charge in [0.05, 0.1) is 0 Å². The number of allylic oxidation sites excluding steroid dienone is 1. The van der Waals surface area contributed by atoms with E-state index in [0.29, 0.717) is 18.2 Å². The minimum Gasteiger partial charge on any atom is -0.410 e. The minimum atomic E-state index is -0.367. The van der Waals surface area contributed by atoms with Gasteiger partial charge in [0.2, 0.25) is 0 Å². The summed E-state index contributed by atoms with van der Waals surface area (Å²) in [6.07, 6.45) is 3.68. The molecule has 0 spiro atoms. The third-order valence-electron chi connectivity index (χ3n) is 6.63. The molecule has 5 rings (SSSR count). The highest BCUT2D eigenvalue weighted by Gasteiger charge is 2.47. The molecule has 3 aliphatic rings. The molecule has 1 aliphatic heterocycles. The predicted octanol–water partition coefficient (Wildman–Crippen LogP) is 4.70. The van der Waals surface area contributed by atoms with Gasteiger partial charge >= 0.3 is 6.09 Å². The molecule has 3 atom stereocenters. The first-order valence-electron chi connectivity index (χ1n) is 10.4. The Morgan fingerprint density at radius 1 is 1.14 bits per heavy atom. The number of likely N-dealkylation sites (tertiary alicyclic amines) is 1. The average Bonchev–Trinajstić information content (AvgIpc) is 3.26. The van der Waals surface area contributed by atoms with E-state index in [1.165, 1.54) is 17.5 Å². The van der Waals surface area contributed by atoms with E-state index in [4.69, 9.17) is 16.3 Å². The zero-order valence-electron chi connectivity index (χ0n) is 16.3. The second-order valence-corrected chi connectivity index (χ2v) is 8.76. The van der Waals surface area contributed by atoms with Crippen LogP contribution in [0.3, 0.4) is 0 Å². The summed E-state index contributed by atoms with van der Waals surface area (Å²) in [4.78, 5) is 14.7. The summed E-state index contributed by atoms with van der Waals surface area (Å²) in [5.41, 5.74) is 3.63. The fraction of sp³-hybridized carbons (Fsp3) is 0.375. The van der Waals surface area contributed by atoms with Gasteiger partial charge in [-0.25, -0.2) is 4.79 Å². The third kappa shape index (κ3) is 3.79. The van der Waals surface area contributed by atoms with Crippen molar-refractivity contribution in [3.63, 3.8) is 0 Å². The molecular weight excluding hydrogens is 384 g/mol. The number of halogens is 1. The van der Waals surface area contributed by atoms with Gasteiger partial charge in [-0.15, -0.1) is 0 Å². The second-order valence-electron chi connectivity index (χ2n) is 8.32. The topological polar surface area (TPSA) is 41.6 Å². The molecule has 0 bridgehead atoms. The highest BCUT2D eigenvalue weighted by molar-refractivity contribution is 6.30. The van der Waals surface area contributed by atoms with E-state index in [-0.39, 0.29) is 6.09 Å². The quantitative estimate of drug-likeness (QED) is 0.779. The summed E-state index contributed by atoms with van der Waals surface area (Å²) in [5, 5.41) is 3.71. The molecule has 1 heterocycles. The average molecular weight is 409 g/mol. The molecule has 0 radical (unpaired) electrons. The second kappa shape index (κ2) is 7.85. The number of nitrogens with one attached hydrogen (secondary N) is 1. The lowest BCUT2D eigenvalue weighted by molar-refractivity contribution is 0.189. The molecule has 150 valence electrons. The summed E-state index contributed by atoms with van der Waals surface area (Å²) >= 11 is 6.02.